The molecule has 0 bridgehead atoms. The van der Waals surface area contributed by atoms with Gasteiger partial charge in [0, 0.05) is 44.8 Å². The van der Waals surface area contributed by atoms with E-state index in [0.29, 0.717) is 12.0 Å². The second-order valence-electron chi connectivity index (χ2n) is 6.66. The second kappa shape index (κ2) is 6.31. The Bertz CT molecular complexity index is 787. The van der Waals surface area contributed by atoms with Crippen LogP contribution in [0.2, 0.25) is 0 Å². The van der Waals surface area contributed by atoms with Crippen LogP contribution in [-0.2, 0) is 11.2 Å². The Balaban J connectivity index is 1.58. The topological polar surface area (TPSA) is 65.5 Å². The number of fused-ring (bicyclic) bond motifs is 1. The summed E-state index contributed by atoms with van der Waals surface area (Å²) in [5, 5.41) is 8.47. The van der Waals surface area contributed by atoms with Crippen molar-refractivity contribution in [3.8, 4) is 0 Å². The first-order valence-corrected chi connectivity index (χ1v) is 8.71. The molecule has 7 heteroatoms. The van der Waals surface area contributed by atoms with E-state index in [2.05, 4.69) is 45.1 Å². The van der Waals surface area contributed by atoms with Crippen molar-refractivity contribution in [3.63, 3.8) is 0 Å². The van der Waals surface area contributed by atoms with Crippen LogP contribution < -0.4 is 9.80 Å². The van der Waals surface area contributed by atoms with Gasteiger partial charge in [0.25, 0.3) is 5.95 Å². The molecule has 25 heavy (non-hydrogen) atoms. The molecule has 2 aromatic rings. The van der Waals surface area contributed by atoms with E-state index in [-0.39, 0.29) is 5.91 Å². The van der Waals surface area contributed by atoms with Crippen molar-refractivity contribution in [2.75, 3.05) is 36.0 Å². The highest BCUT2D eigenvalue weighted by Gasteiger charge is 2.29. The lowest BCUT2D eigenvalue weighted by atomic mass is 10.1. The Labute approximate surface area is 147 Å². The van der Waals surface area contributed by atoms with Crippen molar-refractivity contribution < 1.29 is 4.79 Å². The number of benzene rings is 1. The van der Waals surface area contributed by atoms with Crippen molar-refractivity contribution in [3.05, 3.63) is 36.0 Å². The highest BCUT2D eigenvalue weighted by Crippen LogP contribution is 2.36. The van der Waals surface area contributed by atoms with Crippen LogP contribution >= 0.6 is 0 Å². The highest BCUT2D eigenvalue weighted by molar-refractivity contribution is 5.73. The summed E-state index contributed by atoms with van der Waals surface area (Å²) in [6.07, 6.45) is 2.70. The van der Waals surface area contributed by atoms with E-state index in [1.807, 2.05) is 11.0 Å². The second-order valence-corrected chi connectivity index (χ2v) is 6.66. The minimum absolute atomic E-state index is 0.128. The van der Waals surface area contributed by atoms with E-state index in [1.165, 1.54) is 5.56 Å². The molecule has 1 saturated heterocycles. The molecule has 130 valence electrons. The van der Waals surface area contributed by atoms with E-state index in [9.17, 15) is 4.79 Å². The van der Waals surface area contributed by atoms with Crippen molar-refractivity contribution in [1.82, 2.24) is 20.1 Å². The molecule has 2 aliphatic rings. The van der Waals surface area contributed by atoms with Crippen LogP contribution in [0.4, 0.5) is 17.5 Å². The van der Waals surface area contributed by atoms with Crippen LogP contribution in [0.3, 0.4) is 0 Å². The minimum atomic E-state index is 0.128. The number of piperazine rings is 1. The summed E-state index contributed by atoms with van der Waals surface area (Å²) in [5.41, 5.74) is 2.48. The maximum atomic E-state index is 11.5. The number of hydrogen-bond donors (Lipinski definition) is 0. The molecule has 0 aliphatic carbocycles. The van der Waals surface area contributed by atoms with Gasteiger partial charge in [0.2, 0.25) is 5.91 Å². The summed E-state index contributed by atoms with van der Waals surface area (Å²) in [6.45, 7) is 6.77. The lowest BCUT2D eigenvalue weighted by Crippen LogP contribution is -2.48. The summed E-state index contributed by atoms with van der Waals surface area (Å²) >= 11 is 0. The van der Waals surface area contributed by atoms with E-state index in [0.717, 1.165) is 44.1 Å². The zero-order valence-electron chi connectivity index (χ0n) is 14.6. The average Bonchev–Trinajstić information content (AvgIpc) is 2.97. The van der Waals surface area contributed by atoms with Crippen molar-refractivity contribution in [1.29, 1.82) is 0 Å². The third-order valence-corrected chi connectivity index (χ3v) is 5.01. The van der Waals surface area contributed by atoms with Gasteiger partial charge in [-0.1, -0.05) is 18.2 Å². The van der Waals surface area contributed by atoms with Gasteiger partial charge in [0.1, 0.15) is 0 Å². The molecule has 0 saturated carbocycles. The van der Waals surface area contributed by atoms with Crippen molar-refractivity contribution >= 4 is 23.4 Å². The number of hydrogen-bond acceptors (Lipinski definition) is 6. The molecule has 1 aromatic carbocycles. The van der Waals surface area contributed by atoms with Gasteiger partial charge >= 0.3 is 0 Å². The van der Waals surface area contributed by atoms with Gasteiger partial charge in [-0.2, -0.15) is 10.1 Å². The third kappa shape index (κ3) is 2.90. The van der Waals surface area contributed by atoms with Crippen LogP contribution in [0.15, 0.2) is 30.5 Å². The number of nitrogens with zero attached hydrogens (tertiary/aromatic N) is 6. The van der Waals surface area contributed by atoms with E-state index >= 15 is 0 Å². The number of para-hydroxylation sites is 1. The van der Waals surface area contributed by atoms with Crippen LogP contribution in [-0.4, -0.2) is 58.2 Å². The molecule has 0 N–H and O–H groups in total. The number of anilines is 3. The zero-order chi connectivity index (χ0) is 17.4. The Kier molecular flexibility index (Phi) is 3.99. The van der Waals surface area contributed by atoms with Gasteiger partial charge in [-0.05, 0) is 25.0 Å². The van der Waals surface area contributed by atoms with Crippen molar-refractivity contribution in [2.24, 2.45) is 0 Å². The lowest BCUT2D eigenvalue weighted by Gasteiger charge is -2.35. The highest BCUT2D eigenvalue weighted by atomic mass is 16.2. The predicted octanol–water partition coefficient (Wildman–Crippen LogP) is 1.62. The first kappa shape index (κ1) is 15.8. The van der Waals surface area contributed by atoms with Gasteiger partial charge in [-0.3, -0.25) is 4.79 Å². The predicted molar refractivity (Wildman–Crippen MR) is 96.0 cm³/mol. The summed E-state index contributed by atoms with van der Waals surface area (Å²) in [4.78, 5) is 22.5. The van der Waals surface area contributed by atoms with Crippen molar-refractivity contribution in [2.45, 2.75) is 26.3 Å². The van der Waals surface area contributed by atoms with Gasteiger partial charge in [-0.25, -0.2) is 0 Å². The summed E-state index contributed by atoms with van der Waals surface area (Å²) in [5.74, 6) is 1.59. The first-order valence-electron chi connectivity index (χ1n) is 8.71. The third-order valence-electron chi connectivity index (χ3n) is 5.01. The van der Waals surface area contributed by atoms with Gasteiger partial charge < -0.3 is 14.7 Å². The van der Waals surface area contributed by atoms with Gasteiger partial charge in [-0.15, -0.1) is 5.10 Å². The number of carbonyl (C=O) groups excluding carboxylic acids is 1. The van der Waals surface area contributed by atoms with Crippen LogP contribution in [0, 0.1) is 0 Å². The molecule has 0 radical (unpaired) electrons. The maximum absolute atomic E-state index is 11.5. The molecular formula is C18H22N6O. The summed E-state index contributed by atoms with van der Waals surface area (Å²) < 4.78 is 0. The van der Waals surface area contributed by atoms with Crippen LogP contribution in [0.1, 0.15) is 19.4 Å². The Morgan fingerprint density at radius 2 is 1.92 bits per heavy atom. The molecule has 1 fully saturated rings. The molecule has 3 heterocycles. The number of carbonyl (C=O) groups is 1. The average molecular weight is 338 g/mol. The van der Waals surface area contributed by atoms with E-state index in [4.69, 9.17) is 4.98 Å². The molecule has 7 nitrogen and oxygen atoms in total. The van der Waals surface area contributed by atoms with E-state index < -0.39 is 0 Å². The summed E-state index contributed by atoms with van der Waals surface area (Å²) in [7, 11) is 0. The summed E-state index contributed by atoms with van der Waals surface area (Å²) in [6, 6.07) is 8.69. The smallest absolute Gasteiger partial charge is 0.252 e. The van der Waals surface area contributed by atoms with Crippen LogP contribution in [0.5, 0.6) is 0 Å². The Morgan fingerprint density at radius 1 is 1.16 bits per heavy atom. The van der Waals surface area contributed by atoms with Crippen LogP contribution in [0.25, 0.3) is 0 Å². The SMILES string of the molecule is CC(=O)N1CCN(c2cnnc(N3c4ccccc4CC3C)n2)CC1. The van der Waals surface area contributed by atoms with Gasteiger partial charge in [0.15, 0.2) is 5.82 Å². The monoisotopic (exact) mass is 338 g/mol. The molecule has 1 atom stereocenters. The molecular weight excluding hydrogens is 316 g/mol. The van der Waals surface area contributed by atoms with Gasteiger partial charge in [0.05, 0.1) is 6.20 Å². The molecule has 1 aromatic heterocycles. The number of aromatic nitrogens is 3. The normalized spacial score (nSPS) is 19.9. The fraction of sp³-hybridized carbons (Fsp3) is 0.444. The first-order chi connectivity index (χ1) is 12.1. The molecule has 1 amide bonds. The number of amides is 1. The fourth-order valence-electron chi connectivity index (χ4n) is 3.66. The largest absolute Gasteiger partial charge is 0.352 e. The van der Waals surface area contributed by atoms with E-state index in [1.54, 1.807) is 13.1 Å². The molecule has 1 unspecified atom stereocenters. The zero-order valence-corrected chi connectivity index (χ0v) is 14.6. The molecule has 2 aliphatic heterocycles. The Hall–Kier alpha value is -2.70. The minimum Gasteiger partial charge on any atom is -0.352 e. The Morgan fingerprint density at radius 3 is 2.68 bits per heavy atom. The fourth-order valence-corrected chi connectivity index (χ4v) is 3.66. The lowest BCUT2D eigenvalue weighted by molar-refractivity contribution is -0.129. The molecule has 4 rings (SSSR count). The standard InChI is InChI=1S/C18H22N6O/c1-13-11-15-5-3-4-6-16(15)24(13)18-20-17(12-19-21-18)23-9-7-22(8-10-23)14(2)25/h3-6,12-13H,7-11H2,1-2H3. The molecule has 0 spiro atoms. The number of rotatable bonds is 2. The maximum Gasteiger partial charge on any atom is 0.252 e. The quantitative estimate of drug-likeness (QED) is 0.829.